The molecule has 3 N–H and O–H groups in total. The molecule has 0 spiro atoms. The molecule has 5 heteroatoms. The second kappa shape index (κ2) is 5.71. The van der Waals surface area contributed by atoms with Gasteiger partial charge < -0.3 is 15.6 Å². The van der Waals surface area contributed by atoms with Crippen molar-refractivity contribution >= 4 is 21.9 Å². The number of nitrogens with two attached hydrogens (primary N) is 1. The van der Waals surface area contributed by atoms with Crippen molar-refractivity contribution in [2.45, 2.75) is 31.3 Å². The smallest absolute Gasteiger partial charge is 0.312 e. The van der Waals surface area contributed by atoms with Crippen LogP contribution in [0.2, 0.25) is 0 Å². The van der Waals surface area contributed by atoms with Gasteiger partial charge in [-0.25, -0.2) is 0 Å². The number of hydrogen-bond donors (Lipinski definition) is 2. The van der Waals surface area contributed by atoms with Gasteiger partial charge in [-0.05, 0) is 37.5 Å². The highest BCUT2D eigenvalue weighted by Crippen LogP contribution is 2.33. The minimum Gasteiger partial charge on any atom is -0.490 e. The molecular formula is C13H16BrNO3. The molecule has 1 aliphatic rings. The molecule has 1 aliphatic carbocycles. The number of aliphatic carboxylic acids is 1. The monoisotopic (exact) mass is 313 g/mol. The molecular weight excluding hydrogens is 298 g/mol. The van der Waals surface area contributed by atoms with E-state index in [-0.39, 0.29) is 12.6 Å². The molecule has 1 atom stereocenters. The van der Waals surface area contributed by atoms with E-state index in [0.717, 1.165) is 17.3 Å². The van der Waals surface area contributed by atoms with Crippen molar-refractivity contribution in [3.63, 3.8) is 0 Å². The first-order valence-electron chi connectivity index (χ1n) is 6.00. The number of rotatable bonds is 5. The Morgan fingerprint density at radius 1 is 1.56 bits per heavy atom. The fraction of sp³-hybridized carbons (Fsp3) is 0.462. The van der Waals surface area contributed by atoms with Crippen molar-refractivity contribution in [2.75, 3.05) is 6.54 Å². The number of halogens is 1. The third kappa shape index (κ3) is 2.84. The molecule has 1 aromatic carbocycles. The van der Waals surface area contributed by atoms with Crippen molar-refractivity contribution < 1.29 is 14.6 Å². The molecule has 0 heterocycles. The minimum atomic E-state index is -0.922. The van der Waals surface area contributed by atoms with E-state index in [0.29, 0.717) is 11.3 Å². The molecule has 2 rings (SSSR count). The van der Waals surface area contributed by atoms with E-state index in [9.17, 15) is 9.90 Å². The average Bonchev–Trinajstić information content (AvgIpc) is 2.26. The van der Waals surface area contributed by atoms with Crippen LogP contribution in [-0.2, 0) is 4.79 Å². The SMILES string of the molecule is NCC(C(=O)O)c1cc(Br)ccc1OC1CCC1. The average molecular weight is 314 g/mol. The predicted octanol–water partition coefficient (Wildman–Crippen LogP) is 2.51. The van der Waals surface area contributed by atoms with Crippen LogP contribution in [0.4, 0.5) is 0 Å². The van der Waals surface area contributed by atoms with Gasteiger partial charge >= 0.3 is 5.97 Å². The molecule has 0 saturated heterocycles. The maximum atomic E-state index is 11.2. The number of carboxylic acids is 1. The quantitative estimate of drug-likeness (QED) is 0.876. The van der Waals surface area contributed by atoms with E-state index >= 15 is 0 Å². The minimum absolute atomic E-state index is 0.0623. The summed E-state index contributed by atoms with van der Waals surface area (Å²) in [5.41, 5.74) is 6.19. The van der Waals surface area contributed by atoms with E-state index in [1.54, 1.807) is 6.07 Å². The first-order valence-corrected chi connectivity index (χ1v) is 6.80. The van der Waals surface area contributed by atoms with Gasteiger partial charge in [0.25, 0.3) is 0 Å². The lowest BCUT2D eigenvalue weighted by Crippen LogP contribution is -2.27. The van der Waals surface area contributed by atoms with E-state index in [4.69, 9.17) is 10.5 Å². The van der Waals surface area contributed by atoms with Crippen molar-refractivity contribution in [2.24, 2.45) is 5.73 Å². The van der Waals surface area contributed by atoms with Gasteiger partial charge in [0, 0.05) is 16.6 Å². The summed E-state index contributed by atoms with van der Waals surface area (Å²) in [5.74, 6) is -1.01. The first-order chi connectivity index (χ1) is 8.61. The van der Waals surface area contributed by atoms with Crippen LogP contribution in [0.15, 0.2) is 22.7 Å². The number of carboxylic acid groups (broad SMARTS) is 1. The predicted molar refractivity (Wildman–Crippen MR) is 71.8 cm³/mol. The first kappa shape index (κ1) is 13.4. The number of benzene rings is 1. The molecule has 0 amide bonds. The third-order valence-electron chi connectivity index (χ3n) is 3.23. The molecule has 0 aliphatic heterocycles. The Kier molecular flexibility index (Phi) is 4.24. The number of hydrogen-bond acceptors (Lipinski definition) is 3. The van der Waals surface area contributed by atoms with Gasteiger partial charge in [-0.1, -0.05) is 15.9 Å². The van der Waals surface area contributed by atoms with Crippen LogP contribution in [0.5, 0.6) is 5.75 Å². The Morgan fingerprint density at radius 2 is 2.28 bits per heavy atom. The molecule has 4 nitrogen and oxygen atoms in total. The van der Waals surface area contributed by atoms with Crippen molar-refractivity contribution in [1.82, 2.24) is 0 Å². The summed E-state index contributed by atoms with van der Waals surface area (Å²) in [5, 5.41) is 9.20. The summed E-state index contributed by atoms with van der Waals surface area (Å²) in [7, 11) is 0. The summed E-state index contributed by atoms with van der Waals surface area (Å²) in [6.07, 6.45) is 3.47. The molecule has 1 unspecified atom stereocenters. The van der Waals surface area contributed by atoms with Crippen molar-refractivity contribution in [3.8, 4) is 5.75 Å². The van der Waals surface area contributed by atoms with Crippen molar-refractivity contribution in [1.29, 1.82) is 0 Å². The second-order valence-electron chi connectivity index (χ2n) is 4.48. The van der Waals surface area contributed by atoms with Crippen LogP contribution in [-0.4, -0.2) is 23.7 Å². The standard InChI is InChI=1S/C13H16BrNO3/c14-8-4-5-12(18-9-2-1-3-9)10(6-8)11(7-15)13(16)17/h4-6,9,11H,1-3,7,15H2,(H,16,17). The van der Waals surface area contributed by atoms with E-state index < -0.39 is 11.9 Å². The van der Waals surface area contributed by atoms with Crippen LogP contribution >= 0.6 is 15.9 Å². The molecule has 0 aromatic heterocycles. The highest BCUT2D eigenvalue weighted by molar-refractivity contribution is 9.10. The zero-order valence-corrected chi connectivity index (χ0v) is 11.5. The van der Waals surface area contributed by atoms with Gasteiger partial charge in [0.05, 0.1) is 12.0 Å². The lowest BCUT2D eigenvalue weighted by Gasteiger charge is -2.28. The fourth-order valence-corrected chi connectivity index (χ4v) is 2.31. The van der Waals surface area contributed by atoms with Gasteiger partial charge in [0.2, 0.25) is 0 Å². The van der Waals surface area contributed by atoms with Crippen LogP contribution < -0.4 is 10.5 Å². The maximum Gasteiger partial charge on any atom is 0.312 e. The Morgan fingerprint density at radius 3 is 2.78 bits per heavy atom. The molecule has 1 aromatic rings. The molecule has 0 bridgehead atoms. The number of carbonyl (C=O) groups is 1. The lowest BCUT2D eigenvalue weighted by atomic mass is 9.95. The largest absolute Gasteiger partial charge is 0.490 e. The Bertz CT molecular complexity index is 446. The molecule has 98 valence electrons. The third-order valence-corrected chi connectivity index (χ3v) is 3.72. The Labute approximate surface area is 114 Å². The topological polar surface area (TPSA) is 72.6 Å². The van der Waals surface area contributed by atoms with Crippen molar-refractivity contribution in [3.05, 3.63) is 28.2 Å². The summed E-state index contributed by atoms with van der Waals surface area (Å²) in [6.45, 7) is 0.0623. The van der Waals surface area contributed by atoms with Crippen LogP contribution in [0.25, 0.3) is 0 Å². The Hall–Kier alpha value is -1.07. The number of ether oxygens (including phenoxy) is 1. The van der Waals surface area contributed by atoms with E-state index in [2.05, 4.69) is 15.9 Å². The highest BCUT2D eigenvalue weighted by atomic mass is 79.9. The summed E-state index contributed by atoms with van der Waals surface area (Å²) >= 11 is 3.35. The lowest BCUT2D eigenvalue weighted by molar-refractivity contribution is -0.138. The van der Waals surface area contributed by atoms with Crippen LogP contribution in [0.1, 0.15) is 30.7 Å². The normalized spacial score (nSPS) is 17.0. The van der Waals surface area contributed by atoms with Crippen LogP contribution in [0, 0.1) is 0 Å². The van der Waals surface area contributed by atoms with Crippen LogP contribution in [0.3, 0.4) is 0 Å². The van der Waals surface area contributed by atoms with E-state index in [1.807, 2.05) is 12.1 Å². The summed E-state index contributed by atoms with van der Waals surface area (Å²) in [6, 6.07) is 5.44. The highest BCUT2D eigenvalue weighted by Gasteiger charge is 2.25. The molecule has 0 radical (unpaired) electrons. The molecule has 1 saturated carbocycles. The zero-order valence-electron chi connectivity index (χ0n) is 9.93. The Balaban J connectivity index is 2.29. The van der Waals surface area contributed by atoms with Gasteiger partial charge in [-0.3, -0.25) is 4.79 Å². The fourth-order valence-electron chi connectivity index (χ4n) is 1.93. The zero-order chi connectivity index (χ0) is 13.1. The summed E-state index contributed by atoms with van der Waals surface area (Å²) < 4.78 is 6.66. The molecule has 18 heavy (non-hydrogen) atoms. The second-order valence-corrected chi connectivity index (χ2v) is 5.40. The van der Waals surface area contributed by atoms with Gasteiger partial charge in [-0.2, -0.15) is 0 Å². The van der Waals surface area contributed by atoms with Gasteiger partial charge in [0.1, 0.15) is 5.75 Å². The van der Waals surface area contributed by atoms with Gasteiger partial charge in [0.15, 0.2) is 0 Å². The molecule has 1 fully saturated rings. The van der Waals surface area contributed by atoms with Gasteiger partial charge in [-0.15, -0.1) is 0 Å². The summed E-state index contributed by atoms with van der Waals surface area (Å²) in [4.78, 5) is 11.2. The van der Waals surface area contributed by atoms with E-state index in [1.165, 1.54) is 6.42 Å². The maximum absolute atomic E-state index is 11.2.